The zero-order chi connectivity index (χ0) is 17.9. The Balaban J connectivity index is 1.86. The van der Waals surface area contributed by atoms with Crippen molar-refractivity contribution in [1.29, 1.82) is 0 Å². The summed E-state index contributed by atoms with van der Waals surface area (Å²) in [5.41, 5.74) is 4.45. The Bertz CT molecular complexity index is 885. The van der Waals surface area contributed by atoms with Gasteiger partial charge in [0.2, 0.25) is 0 Å². The van der Waals surface area contributed by atoms with E-state index in [9.17, 15) is 4.79 Å². The summed E-state index contributed by atoms with van der Waals surface area (Å²) in [7, 11) is 2.20. The fourth-order valence-electron chi connectivity index (χ4n) is 4.35. The molecule has 4 heteroatoms. The quantitative estimate of drug-likeness (QED) is 0.671. The molecule has 132 valence electrons. The van der Waals surface area contributed by atoms with E-state index in [0.717, 1.165) is 18.5 Å². The number of nitrogens with zero attached hydrogens (tertiary/aromatic N) is 2. The molecule has 0 amide bonds. The standard InChI is InChI=1S/C21H26N2O2/c1-13-9-16-15-7-6-8-17-19(15)14(10-18(16)22(5)11-13)12-23(17)20(24)25-21(2,3)4/h6-9,12,16,18H,10-11H2,1-5H3/t16-,18+/m0/s1. The number of carbonyl (C=O) groups is 1. The zero-order valence-electron chi connectivity index (χ0n) is 15.7. The number of fused-ring (bicyclic) bond motifs is 2. The first-order valence-corrected chi connectivity index (χ1v) is 8.98. The van der Waals surface area contributed by atoms with Crippen LogP contribution in [0.3, 0.4) is 0 Å². The van der Waals surface area contributed by atoms with Gasteiger partial charge in [0.25, 0.3) is 0 Å². The summed E-state index contributed by atoms with van der Waals surface area (Å²) in [5.74, 6) is 0.393. The van der Waals surface area contributed by atoms with Crippen LogP contribution in [0.4, 0.5) is 4.79 Å². The molecule has 1 aliphatic carbocycles. The van der Waals surface area contributed by atoms with E-state index in [-0.39, 0.29) is 6.09 Å². The van der Waals surface area contributed by atoms with Crippen molar-refractivity contribution in [3.63, 3.8) is 0 Å². The molecule has 2 heterocycles. The van der Waals surface area contributed by atoms with Crippen molar-refractivity contribution < 1.29 is 9.53 Å². The van der Waals surface area contributed by atoms with Gasteiger partial charge in [0.05, 0.1) is 5.52 Å². The molecule has 0 saturated carbocycles. The Morgan fingerprint density at radius 3 is 2.76 bits per heavy atom. The Kier molecular flexibility index (Phi) is 3.58. The first kappa shape index (κ1) is 16.4. The first-order valence-electron chi connectivity index (χ1n) is 8.98. The van der Waals surface area contributed by atoms with E-state index in [2.05, 4.69) is 37.1 Å². The van der Waals surface area contributed by atoms with Gasteiger partial charge in [-0.2, -0.15) is 0 Å². The second kappa shape index (κ2) is 5.46. The lowest BCUT2D eigenvalue weighted by Gasteiger charge is -2.40. The molecule has 0 bridgehead atoms. The second-order valence-electron chi connectivity index (χ2n) is 8.47. The molecule has 0 fully saturated rings. The number of benzene rings is 1. The maximum atomic E-state index is 12.7. The third-order valence-corrected chi connectivity index (χ3v) is 5.26. The third-order valence-electron chi connectivity index (χ3n) is 5.26. The predicted molar refractivity (Wildman–Crippen MR) is 100 cm³/mol. The monoisotopic (exact) mass is 338 g/mol. The molecule has 1 aromatic heterocycles. The van der Waals surface area contributed by atoms with Crippen LogP contribution >= 0.6 is 0 Å². The van der Waals surface area contributed by atoms with Crippen molar-refractivity contribution in [3.8, 4) is 0 Å². The highest BCUT2D eigenvalue weighted by atomic mass is 16.6. The van der Waals surface area contributed by atoms with Crippen molar-refractivity contribution in [2.75, 3.05) is 13.6 Å². The van der Waals surface area contributed by atoms with Crippen molar-refractivity contribution in [3.05, 3.63) is 47.2 Å². The highest BCUT2D eigenvalue weighted by Crippen LogP contribution is 2.42. The van der Waals surface area contributed by atoms with E-state index in [1.165, 1.54) is 22.1 Å². The van der Waals surface area contributed by atoms with Crippen molar-refractivity contribution in [1.82, 2.24) is 9.47 Å². The molecule has 1 aromatic carbocycles. The van der Waals surface area contributed by atoms with Gasteiger partial charge < -0.3 is 4.74 Å². The predicted octanol–water partition coefficient (Wildman–Crippen LogP) is 4.32. The van der Waals surface area contributed by atoms with Crippen LogP contribution in [0.1, 0.15) is 44.7 Å². The largest absolute Gasteiger partial charge is 0.443 e. The summed E-state index contributed by atoms with van der Waals surface area (Å²) < 4.78 is 7.30. The van der Waals surface area contributed by atoms with Crippen molar-refractivity contribution in [2.45, 2.75) is 51.7 Å². The summed E-state index contributed by atoms with van der Waals surface area (Å²) in [5, 5.41) is 1.23. The summed E-state index contributed by atoms with van der Waals surface area (Å²) in [6.45, 7) is 8.92. The lowest BCUT2D eigenvalue weighted by atomic mass is 9.77. The summed E-state index contributed by atoms with van der Waals surface area (Å²) in [6, 6.07) is 6.75. The average molecular weight is 338 g/mol. The topological polar surface area (TPSA) is 34.5 Å². The molecular formula is C21H26N2O2. The van der Waals surface area contributed by atoms with Crippen LogP contribution in [-0.2, 0) is 11.2 Å². The van der Waals surface area contributed by atoms with E-state index in [1.807, 2.05) is 33.0 Å². The van der Waals surface area contributed by atoms with Gasteiger partial charge in [-0.05, 0) is 58.4 Å². The Morgan fingerprint density at radius 1 is 1.28 bits per heavy atom. The lowest BCUT2D eigenvalue weighted by Crippen LogP contribution is -2.43. The Hall–Kier alpha value is -2.07. The fraction of sp³-hybridized carbons (Fsp3) is 0.476. The number of aromatic nitrogens is 1. The molecule has 1 aliphatic heterocycles. The molecule has 25 heavy (non-hydrogen) atoms. The molecule has 4 nitrogen and oxygen atoms in total. The molecule has 0 spiro atoms. The van der Waals surface area contributed by atoms with E-state index >= 15 is 0 Å². The first-order chi connectivity index (χ1) is 11.7. The van der Waals surface area contributed by atoms with Crippen LogP contribution in [0.25, 0.3) is 10.9 Å². The number of ether oxygens (including phenoxy) is 1. The highest BCUT2D eigenvalue weighted by Gasteiger charge is 2.36. The number of rotatable bonds is 0. The minimum absolute atomic E-state index is 0.300. The van der Waals surface area contributed by atoms with E-state index in [4.69, 9.17) is 4.74 Å². The zero-order valence-corrected chi connectivity index (χ0v) is 15.7. The Labute approximate surface area is 149 Å². The molecule has 0 N–H and O–H groups in total. The van der Waals surface area contributed by atoms with Gasteiger partial charge in [0, 0.05) is 30.1 Å². The van der Waals surface area contributed by atoms with Gasteiger partial charge in [0.15, 0.2) is 0 Å². The van der Waals surface area contributed by atoms with Crippen molar-refractivity contribution in [2.24, 2.45) is 0 Å². The van der Waals surface area contributed by atoms with Gasteiger partial charge in [-0.25, -0.2) is 4.79 Å². The van der Waals surface area contributed by atoms with Gasteiger partial charge in [-0.15, -0.1) is 0 Å². The van der Waals surface area contributed by atoms with Crippen molar-refractivity contribution >= 4 is 17.0 Å². The fourth-order valence-corrected chi connectivity index (χ4v) is 4.35. The summed E-state index contributed by atoms with van der Waals surface area (Å²) >= 11 is 0. The smallest absolute Gasteiger partial charge is 0.419 e. The molecule has 2 aromatic rings. The van der Waals surface area contributed by atoms with E-state index < -0.39 is 5.60 Å². The van der Waals surface area contributed by atoms with E-state index in [0.29, 0.717) is 12.0 Å². The normalized spacial score (nSPS) is 23.3. The van der Waals surface area contributed by atoms with Crippen LogP contribution in [0, 0.1) is 0 Å². The van der Waals surface area contributed by atoms with Gasteiger partial charge in [-0.1, -0.05) is 23.8 Å². The van der Waals surface area contributed by atoms with Crippen LogP contribution in [0.15, 0.2) is 36.0 Å². The molecule has 0 radical (unpaired) electrons. The summed E-state index contributed by atoms with van der Waals surface area (Å²) in [4.78, 5) is 15.1. The van der Waals surface area contributed by atoms with E-state index in [1.54, 1.807) is 4.57 Å². The number of likely N-dealkylation sites (N-methyl/N-ethyl adjacent to an activating group) is 1. The van der Waals surface area contributed by atoms with Crippen LogP contribution in [-0.4, -0.2) is 40.8 Å². The number of carbonyl (C=O) groups excluding carboxylic acids is 1. The molecule has 0 unspecified atom stereocenters. The third kappa shape index (κ3) is 2.69. The minimum Gasteiger partial charge on any atom is -0.443 e. The maximum absolute atomic E-state index is 12.7. The lowest BCUT2D eigenvalue weighted by molar-refractivity contribution is 0.0544. The molecule has 0 saturated heterocycles. The van der Waals surface area contributed by atoms with Crippen LogP contribution in [0.5, 0.6) is 0 Å². The maximum Gasteiger partial charge on any atom is 0.419 e. The van der Waals surface area contributed by atoms with Gasteiger partial charge in [-0.3, -0.25) is 9.47 Å². The van der Waals surface area contributed by atoms with Crippen LogP contribution in [0.2, 0.25) is 0 Å². The van der Waals surface area contributed by atoms with Crippen LogP contribution < -0.4 is 0 Å². The SMILES string of the molecule is CC1=C[C@H]2c3cccc4c3c(cn4C(=O)OC(C)(C)C)C[C@H]2N(C)C1. The average Bonchev–Trinajstić information content (AvgIpc) is 2.87. The Morgan fingerprint density at radius 2 is 2.04 bits per heavy atom. The number of hydrogen-bond acceptors (Lipinski definition) is 3. The molecular weight excluding hydrogens is 312 g/mol. The highest BCUT2D eigenvalue weighted by molar-refractivity contribution is 5.95. The summed E-state index contributed by atoms with van der Waals surface area (Å²) in [6.07, 6.45) is 5.06. The minimum atomic E-state index is -0.500. The second-order valence-corrected chi connectivity index (χ2v) is 8.47. The number of hydrogen-bond donors (Lipinski definition) is 0. The molecule has 2 aliphatic rings. The molecule has 2 atom stereocenters. The van der Waals surface area contributed by atoms with Gasteiger partial charge in [0.1, 0.15) is 5.60 Å². The van der Waals surface area contributed by atoms with Gasteiger partial charge >= 0.3 is 6.09 Å². The molecule has 4 rings (SSSR count).